The van der Waals surface area contributed by atoms with Gasteiger partial charge in [-0.05, 0) is 23.6 Å². The summed E-state index contributed by atoms with van der Waals surface area (Å²) in [6.07, 6.45) is -0.115. The Hall–Kier alpha value is -2.08. The molecule has 1 heterocycles. The zero-order valence-corrected chi connectivity index (χ0v) is 12.0. The number of anilines is 1. The minimum Gasteiger partial charge on any atom is -0.495 e. The predicted octanol–water partition coefficient (Wildman–Crippen LogP) is 3.00. The second-order valence-corrected chi connectivity index (χ2v) is 5.35. The molecule has 6 heteroatoms. The van der Waals surface area contributed by atoms with E-state index in [0.717, 1.165) is 15.8 Å². The zero-order valence-electron chi connectivity index (χ0n) is 11.2. The van der Waals surface area contributed by atoms with Crippen molar-refractivity contribution >= 4 is 38.9 Å². The van der Waals surface area contributed by atoms with Crippen molar-refractivity contribution in [3.8, 4) is 5.75 Å². The molecular weight excluding hydrogens is 278 g/mol. The van der Waals surface area contributed by atoms with Crippen LogP contribution >= 0.6 is 11.3 Å². The normalized spacial score (nSPS) is 10.5. The third-order valence-electron chi connectivity index (χ3n) is 2.95. The van der Waals surface area contributed by atoms with Gasteiger partial charge in [-0.2, -0.15) is 0 Å². The number of hydrogen-bond acceptors (Lipinski definition) is 5. The summed E-state index contributed by atoms with van der Waals surface area (Å²) in [6.45, 7) is 0. The Morgan fingerprint density at radius 2 is 2.05 bits per heavy atom. The van der Waals surface area contributed by atoms with Gasteiger partial charge in [0.2, 0.25) is 0 Å². The van der Waals surface area contributed by atoms with Crippen LogP contribution in [0.25, 0.3) is 10.1 Å². The Balaban J connectivity index is 2.33. The Morgan fingerprint density at radius 1 is 1.30 bits per heavy atom. The van der Waals surface area contributed by atoms with E-state index in [9.17, 15) is 9.59 Å². The third kappa shape index (κ3) is 2.91. The summed E-state index contributed by atoms with van der Waals surface area (Å²) in [6, 6.07) is 5.57. The molecule has 0 radical (unpaired) electrons. The van der Waals surface area contributed by atoms with E-state index in [0.29, 0.717) is 10.6 Å². The van der Waals surface area contributed by atoms with Crippen molar-refractivity contribution in [2.45, 2.75) is 12.8 Å². The number of methoxy groups -OCH3 is 1. The number of carboxylic acids is 1. The van der Waals surface area contributed by atoms with Crippen molar-refractivity contribution in [2.24, 2.45) is 0 Å². The lowest BCUT2D eigenvalue weighted by atomic mass is 10.1. The van der Waals surface area contributed by atoms with Crippen molar-refractivity contribution in [1.82, 2.24) is 0 Å². The number of carbonyl (C=O) groups excluding carboxylic acids is 1. The number of rotatable bonds is 6. The van der Waals surface area contributed by atoms with Crippen LogP contribution in [0, 0.1) is 0 Å². The van der Waals surface area contributed by atoms with Crippen molar-refractivity contribution in [3.05, 3.63) is 23.1 Å². The summed E-state index contributed by atoms with van der Waals surface area (Å²) < 4.78 is 6.24. The highest BCUT2D eigenvalue weighted by atomic mass is 32.1. The maximum absolute atomic E-state index is 11.9. The number of ether oxygens (including phenoxy) is 1. The molecule has 0 amide bonds. The van der Waals surface area contributed by atoms with Crippen LogP contribution in [0.15, 0.2) is 18.2 Å². The van der Waals surface area contributed by atoms with Crippen LogP contribution < -0.4 is 10.1 Å². The highest BCUT2D eigenvalue weighted by Crippen LogP contribution is 2.35. The second kappa shape index (κ2) is 5.92. The average molecular weight is 293 g/mol. The molecule has 2 aromatic rings. The van der Waals surface area contributed by atoms with E-state index in [2.05, 4.69) is 5.32 Å². The summed E-state index contributed by atoms with van der Waals surface area (Å²) in [5, 5.41) is 12.6. The predicted molar refractivity (Wildman–Crippen MR) is 79.1 cm³/mol. The molecule has 5 nitrogen and oxygen atoms in total. The average Bonchev–Trinajstić information content (AvgIpc) is 2.85. The number of ketones is 1. The molecule has 0 aliphatic carbocycles. The van der Waals surface area contributed by atoms with E-state index in [1.54, 1.807) is 20.2 Å². The molecule has 0 saturated carbocycles. The zero-order chi connectivity index (χ0) is 14.7. The number of thiophene rings is 1. The molecule has 0 bridgehead atoms. The van der Waals surface area contributed by atoms with Crippen LogP contribution in [0.3, 0.4) is 0 Å². The number of aliphatic carboxylic acids is 1. The number of carbonyl (C=O) groups is 2. The van der Waals surface area contributed by atoms with Gasteiger partial charge in [0.25, 0.3) is 0 Å². The molecule has 0 saturated heterocycles. The molecule has 2 rings (SSSR count). The van der Waals surface area contributed by atoms with Gasteiger partial charge in [-0.3, -0.25) is 9.59 Å². The lowest BCUT2D eigenvalue weighted by Gasteiger charge is -2.07. The van der Waals surface area contributed by atoms with Crippen LogP contribution in [-0.4, -0.2) is 31.0 Å². The maximum Gasteiger partial charge on any atom is 0.303 e. The Labute approximate surface area is 120 Å². The topological polar surface area (TPSA) is 75.6 Å². The van der Waals surface area contributed by atoms with Crippen LogP contribution in [0.2, 0.25) is 0 Å². The van der Waals surface area contributed by atoms with Gasteiger partial charge < -0.3 is 15.2 Å². The molecule has 0 aliphatic heterocycles. The quantitative estimate of drug-likeness (QED) is 0.801. The standard InChI is InChI=1S/C14H15NO4S/c1-15-9-7-12-8(5-11(9)19-2)6-13(20-12)10(16)3-4-14(17)18/h5-7,15H,3-4H2,1-2H3,(H,17,18). The van der Waals surface area contributed by atoms with Gasteiger partial charge in [-0.15, -0.1) is 11.3 Å². The van der Waals surface area contributed by atoms with E-state index in [-0.39, 0.29) is 18.6 Å². The number of nitrogens with one attached hydrogen (secondary N) is 1. The van der Waals surface area contributed by atoms with Gasteiger partial charge >= 0.3 is 5.97 Å². The van der Waals surface area contributed by atoms with Crippen molar-refractivity contribution < 1.29 is 19.4 Å². The molecule has 1 aromatic heterocycles. The number of fused-ring (bicyclic) bond motifs is 1. The molecule has 0 spiro atoms. The number of hydrogen-bond donors (Lipinski definition) is 2. The molecule has 0 atom stereocenters. The molecule has 2 N–H and O–H groups in total. The van der Waals surface area contributed by atoms with Crippen LogP contribution in [0.1, 0.15) is 22.5 Å². The summed E-state index contributed by atoms with van der Waals surface area (Å²) >= 11 is 1.37. The largest absolute Gasteiger partial charge is 0.495 e. The van der Waals surface area contributed by atoms with Crippen molar-refractivity contribution in [1.29, 1.82) is 0 Å². The van der Waals surface area contributed by atoms with E-state index < -0.39 is 5.97 Å². The fourth-order valence-corrected chi connectivity index (χ4v) is 2.96. The monoisotopic (exact) mass is 293 g/mol. The molecule has 106 valence electrons. The van der Waals surface area contributed by atoms with Crippen LogP contribution in [0.5, 0.6) is 5.75 Å². The lowest BCUT2D eigenvalue weighted by molar-refractivity contribution is -0.136. The molecule has 0 fully saturated rings. The molecular formula is C14H15NO4S. The van der Waals surface area contributed by atoms with Gasteiger partial charge in [0.1, 0.15) is 5.75 Å². The fraction of sp³-hybridized carbons (Fsp3) is 0.286. The molecule has 1 aromatic carbocycles. The van der Waals surface area contributed by atoms with Gasteiger partial charge in [0.05, 0.1) is 24.1 Å². The molecule has 0 unspecified atom stereocenters. The Morgan fingerprint density at radius 3 is 2.65 bits per heavy atom. The van der Waals surface area contributed by atoms with E-state index in [1.807, 2.05) is 12.1 Å². The molecule has 20 heavy (non-hydrogen) atoms. The number of Topliss-reactive ketones (excluding diaryl/α,β-unsaturated/α-hetero) is 1. The first-order valence-corrected chi connectivity index (χ1v) is 6.91. The first-order chi connectivity index (χ1) is 9.55. The van der Waals surface area contributed by atoms with Crippen LogP contribution in [-0.2, 0) is 4.79 Å². The van der Waals surface area contributed by atoms with Gasteiger partial charge in [-0.1, -0.05) is 0 Å². The minimum absolute atomic E-state index is 0.0260. The van der Waals surface area contributed by atoms with Crippen molar-refractivity contribution in [2.75, 3.05) is 19.5 Å². The Kier molecular flexibility index (Phi) is 4.24. The summed E-state index contributed by atoms with van der Waals surface area (Å²) in [5.74, 6) is -0.389. The summed E-state index contributed by atoms with van der Waals surface area (Å²) in [7, 11) is 3.39. The number of carboxylic acid groups (broad SMARTS) is 1. The number of benzene rings is 1. The van der Waals surface area contributed by atoms with E-state index in [4.69, 9.17) is 9.84 Å². The van der Waals surface area contributed by atoms with Crippen LogP contribution in [0.4, 0.5) is 5.69 Å². The maximum atomic E-state index is 11.9. The van der Waals surface area contributed by atoms with Crippen molar-refractivity contribution in [3.63, 3.8) is 0 Å². The minimum atomic E-state index is -0.960. The first-order valence-electron chi connectivity index (χ1n) is 6.09. The second-order valence-electron chi connectivity index (χ2n) is 4.27. The van der Waals surface area contributed by atoms with Gasteiger partial charge in [-0.25, -0.2) is 0 Å². The van der Waals surface area contributed by atoms with E-state index >= 15 is 0 Å². The van der Waals surface area contributed by atoms with Gasteiger partial charge in [0, 0.05) is 18.2 Å². The fourth-order valence-electron chi connectivity index (χ4n) is 1.91. The smallest absolute Gasteiger partial charge is 0.303 e. The van der Waals surface area contributed by atoms with E-state index in [1.165, 1.54) is 11.3 Å². The molecule has 0 aliphatic rings. The first kappa shape index (κ1) is 14.3. The highest BCUT2D eigenvalue weighted by molar-refractivity contribution is 7.20. The lowest BCUT2D eigenvalue weighted by Crippen LogP contribution is -2.01. The summed E-state index contributed by atoms with van der Waals surface area (Å²) in [5.41, 5.74) is 0.853. The van der Waals surface area contributed by atoms with Gasteiger partial charge in [0.15, 0.2) is 5.78 Å². The summed E-state index contributed by atoms with van der Waals surface area (Å²) in [4.78, 5) is 23.0. The highest BCUT2D eigenvalue weighted by Gasteiger charge is 2.14. The Bertz CT molecular complexity index is 621. The SMILES string of the molecule is CNc1cc2sc(C(=O)CCC(=O)O)cc2cc1OC. The third-order valence-corrected chi connectivity index (χ3v) is 4.09.